The highest BCUT2D eigenvalue weighted by atomic mass is 16.3. The third-order valence-corrected chi connectivity index (χ3v) is 2.45. The lowest BCUT2D eigenvalue weighted by molar-refractivity contribution is 0.275. The molecular formula is C11H13N3O2. The summed E-state index contributed by atoms with van der Waals surface area (Å²) < 4.78 is 0. The second-order valence-electron chi connectivity index (χ2n) is 3.58. The molecule has 0 saturated carbocycles. The number of aromatic hydroxyl groups is 1. The van der Waals surface area contributed by atoms with Crippen molar-refractivity contribution in [1.82, 2.24) is 15.4 Å². The van der Waals surface area contributed by atoms with Crippen molar-refractivity contribution in [3.63, 3.8) is 0 Å². The molecule has 0 saturated heterocycles. The van der Waals surface area contributed by atoms with Crippen LogP contribution < -0.4 is 0 Å². The number of aromatic amines is 1. The zero-order valence-electron chi connectivity index (χ0n) is 8.72. The molecule has 0 spiro atoms. The van der Waals surface area contributed by atoms with E-state index in [1.807, 2.05) is 6.07 Å². The molecule has 0 bridgehead atoms. The first-order valence-corrected chi connectivity index (χ1v) is 5.06. The van der Waals surface area contributed by atoms with Crippen LogP contribution in [0.3, 0.4) is 0 Å². The summed E-state index contributed by atoms with van der Waals surface area (Å²) in [4.78, 5) is 0. The van der Waals surface area contributed by atoms with Crippen LogP contribution in [0.5, 0.6) is 5.75 Å². The van der Waals surface area contributed by atoms with Gasteiger partial charge in [0.15, 0.2) is 0 Å². The Labute approximate surface area is 92.8 Å². The zero-order valence-corrected chi connectivity index (χ0v) is 8.72. The van der Waals surface area contributed by atoms with Crippen LogP contribution in [0, 0.1) is 0 Å². The normalized spacial score (nSPS) is 10.6. The number of aliphatic hydroxyl groups excluding tert-OH is 1. The summed E-state index contributed by atoms with van der Waals surface area (Å²) in [5.41, 5.74) is 2.51. The monoisotopic (exact) mass is 219 g/mol. The minimum Gasteiger partial charge on any atom is -0.508 e. The maximum atomic E-state index is 9.40. The number of phenols is 1. The molecule has 0 unspecified atom stereocenters. The van der Waals surface area contributed by atoms with E-state index in [4.69, 9.17) is 5.11 Å². The van der Waals surface area contributed by atoms with E-state index >= 15 is 0 Å². The standard InChI is InChI=1S/C11H13N3O2/c15-7-9-5-8(2-4-11(9)16)1-3-10-6-12-14-13-10/h2,4-6,15-16H,1,3,7H2,(H,12,13,14). The SMILES string of the molecule is OCc1cc(CCc2cn[nH]n2)ccc1O. The van der Waals surface area contributed by atoms with Crippen LogP contribution in [0.4, 0.5) is 0 Å². The van der Waals surface area contributed by atoms with Crippen LogP contribution >= 0.6 is 0 Å². The Kier molecular flexibility index (Phi) is 3.16. The quantitative estimate of drug-likeness (QED) is 0.710. The molecule has 84 valence electrons. The van der Waals surface area contributed by atoms with Crippen molar-refractivity contribution in [3.05, 3.63) is 41.2 Å². The average Bonchev–Trinajstić information content (AvgIpc) is 2.81. The Bertz CT molecular complexity index is 454. The van der Waals surface area contributed by atoms with Crippen molar-refractivity contribution in [2.75, 3.05) is 0 Å². The van der Waals surface area contributed by atoms with Gasteiger partial charge in [0.2, 0.25) is 0 Å². The molecule has 0 aliphatic carbocycles. The molecule has 1 heterocycles. The molecule has 0 aliphatic heterocycles. The van der Waals surface area contributed by atoms with Gasteiger partial charge in [-0.25, -0.2) is 0 Å². The average molecular weight is 219 g/mol. The molecule has 3 N–H and O–H groups in total. The number of aromatic nitrogens is 3. The number of hydrogen-bond acceptors (Lipinski definition) is 4. The largest absolute Gasteiger partial charge is 0.508 e. The lowest BCUT2D eigenvalue weighted by atomic mass is 10.1. The highest BCUT2D eigenvalue weighted by molar-refractivity contribution is 5.35. The minimum atomic E-state index is -0.149. The van der Waals surface area contributed by atoms with Crippen molar-refractivity contribution in [1.29, 1.82) is 0 Å². The van der Waals surface area contributed by atoms with E-state index in [0.29, 0.717) is 5.56 Å². The molecule has 2 aromatic rings. The molecule has 0 fully saturated rings. The summed E-state index contributed by atoms with van der Waals surface area (Å²) in [7, 11) is 0. The van der Waals surface area contributed by atoms with Gasteiger partial charge in [0.05, 0.1) is 18.5 Å². The van der Waals surface area contributed by atoms with Gasteiger partial charge in [-0.1, -0.05) is 6.07 Å². The van der Waals surface area contributed by atoms with E-state index in [1.54, 1.807) is 18.3 Å². The Morgan fingerprint density at radius 3 is 2.81 bits per heavy atom. The van der Waals surface area contributed by atoms with E-state index in [0.717, 1.165) is 24.1 Å². The van der Waals surface area contributed by atoms with E-state index in [-0.39, 0.29) is 12.4 Å². The molecular weight excluding hydrogens is 206 g/mol. The summed E-state index contributed by atoms with van der Waals surface area (Å²) in [6.07, 6.45) is 3.28. The van der Waals surface area contributed by atoms with Crippen molar-refractivity contribution in [2.45, 2.75) is 19.4 Å². The Balaban J connectivity index is 2.04. The summed E-state index contributed by atoms with van der Waals surface area (Å²) in [5, 5.41) is 28.6. The van der Waals surface area contributed by atoms with Gasteiger partial charge in [-0.05, 0) is 30.5 Å². The first-order chi connectivity index (χ1) is 7.79. The fraction of sp³-hybridized carbons (Fsp3) is 0.273. The van der Waals surface area contributed by atoms with Gasteiger partial charge >= 0.3 is 0 Å². The van der Waals surface area contributed by atoms with Gasteiger partial charge in [-0.3, -0.25) is 0 Å². The number of hydrogen-bond donors (Lipinski definition) is 3. The maximum absolute atomic E-state index is 9.40. The molecule has 1 aromatic heterocycles. The summed E-state index contributed by atoms with van der Waals surface area (Å²) in [6, 6.07) is 5.24. The Morgan fingerprint density at radius 2 is 2.12 bits per heavy atom. The minimum absolute atomic E-state index is 0.132. The first-order valence-electron chi connectivity index (χ1n) is 5.06. The van der Waals surface area contributed by atoms with Gasteiger partial charge in [-0.15, -0.1) is 0 Å². The number of benzene rings is 1. The van der Waals surface area contributed by atoms with E-state index < -0.39 is 0 Å². The van der Waals surface area contributed by atoms with Crippen molar-refractivity contribution >= 4 is 0 Å². The topological polar surface area (TPSA) is 82.0 Å². The van der Waals surface area contributed by atoms with Gasteiger partial charge < -0.3 is 10.2 Å². The highest BCUT2D eigenvalue weighted by Crippen LogP contribution is 2.19. The molecule has 1 aromatic carbocycles. The summed E-state index contributed by atoms with van der Waals surface area (Å²) in [5.74, 6) is 0.132. The smallest absolute Gasteiger partial charge is 0.121 e. The molecule has 0 radical (unpaired) electrons. The van der Waals surface area contributed by atoms with Crippen molar-refractivity contribution in [2.24, 2.45) is 0 Å². The number of rotatable bonds is 4. The van der Waals surface area contributed by atoms with Gasteiger partial charge in [-0.2, -0.15) is 15.4 Å². The molecule has 16 heavy (non-hydrogen) atoms. The van der Waals surface area contributed by atoms with Crippen LogP contribution in [-0.4, -0.2) is 25.6 Å². The molecule has 2 rings (SSSR count). The second-order valence-corrected chi connectivity index (χ2v) is 3.58. The van der Waals surface area contributed by atoms with Gasteiger partial charge in [0.25, 0.3) is 0 Å². The number of aliphatic hydroxyl groups is 1. The Hall–Kier alpha value is -1.88. The van der Waals surface area contributed by atoms with Crippen LogP contribution in [0.25, 0.3) is 0 Å². The van der Waals surface area contributed by atoms with Crippen molar-refractivity contribution < 1.29 is 10.2 Å². The third-order valence-electron chi connectivity index (χ3n) is 2.45. The molecule has 5 nitrogen and oxygen atoms in total. The maximum Gasteiger partial charge on any atom is 0.121 e. The highest BCUT2D eigenvalue weighted by Gasteiger charge is 2.03. The van der Waals surface area contributed by atoms with Crippen LogP contribution in [0.15, 0.2) is 24.4 Å². The Morgan fingerprint density at radius 1 is 1.25 bits per heavy atom. The van der Waals surface area contributed by atoms with Crippen LogP contribution in [-0.2, 0) is 19.4 Å². The van der Waals surface area contributed by atoms with Gasteiger partial charge in [0, 0.05) is 5.56 Å². The lowest BCUT2D eigenvalue weighted by Crippen LogP contribution is -1.94. The fourth-order valence-corrected chi connectivity index (χ4v) is 1.54. The van der Waals surface area contributed by atoms with E-state index in [9.17, 15) is 5.11 Å². The van der Waals surface area contributed by atoms with E-state index in [1.165, 1.54) is 0 Å². The first kappa shape index (κ1) is 10.6. The van der Waals surface area contributed by atoms with Crippen LogP contribution in [0.1, 0.15) is 16.8 Å². The third kappa shape index (κ3) is 2.38. The van der Waals surface area contributed by atoms with Crippen LogP contribution in [0.2, 0.25) is 0 Å². The summed E-state index contributed by atoms with van der Waals surface area (Å²) >= 11 is 0. The molecule has 0 atom stereocenters. The number of aryl methyl sites for hydroxylation is 2. The second kappa shape index (κ2) is 4.76. The zero-order chi connectivity index (χ0) is 11.4. The fourth-order valence-electron chi connectivity index (χ4n) is 1.54. The van der Waals surface area contributed by atoms with Gasteiger partial charge in [0.1, 0.15) is 5.75 Å². The lowest BCUT2D eigenvalue weighted by Gasteiger charge is -2.04. The molecule has 0 amide bonds. The predicted octanol–water partition coefficient (Wildman–Crippen LogP) is 0.788. The predicted molar refractivity (Wildman–Crippen MR) is 57.8 cm³/mol. The number of H-pyrrole nitrogens is 1. The number of nitrogens with one attached hydrogen (secondary N) is 1. The van der Waals surface area contributed by atoms with Crippen molar-refractivity contribution in [3.8, 4) is 5.75 Å². The number of nitrogens with zero attached hydrogens (tertiary/aromatic N) is 2. The summed E-state index contributed by atoms with van der Waals surface area (Å²) in [6.45, 7) is -0.149. The van der Waals surface area contributed by atoms with E-state index in [2.05, 4.69) is 15.4 Å². The molecule has 5 heteroatoms. The molecule has 0 aliphatic rings.